The Balaban J connectivity index is 1.55. The van der Waals surface area contributed by atoms with Crippen LogP contribution in [0.1, 0.15) is 42.7 Å². The predicted molar refractivity (Wildman–Crippen MR) is 67.8 cm³/mol. The first-order chi connectivity index (χ1) is 8.34. The predicted octanol–water partition coefficient (Wildman–Crippen LogP) is 3.12. The maximum absolute atomic E-state index is 10.4. The molecule has 0 aromatic heterocycles. The fourth-order valence-electron chi connectivity index (χ4n) is 4.00. The van der Waals surface area contributed by atoms with E-state index in [2.05, 4.69) is 24.3 Å². The molecule has 1 N–H and O–H groups in total. The van der Waals surface area contributed by atoms with Gasteiger partial charge in [-0.25, -0.2) is 0 Å². The van der Waals surface area contributed by atoms with Crippen molar-refractivity contribution in [3.8, 4) is 0 Å². The van der Waals surface area contributed by atoms with E-state index >= 15 is 0 Å². The van der Waals surface area contributed by atoms with Crippen LogP contribution in [0.4, 0.5) is 0 Å². The van der Waals surface area contributed by atoms with Gasteiger partial charge in [0, 0.05) is 0 Å². The molecule has 0 bridgehead atoms. The second-order valence-electron chi connectivity index (χ2n) is 6.25. The Bertz CT molecular complexity index is 435. The largest absolute Gasteiger partial charge is 0.393 e. The van der Waals surface area contributed by atoms with Crippen LogP contribution in [0.3, 0.4) is 0 Å². The maximum Gasteiger partial charge on any atom is 0.0579 e. The molecule has 3 aliphatic rings. The molecule has 0 saturated heterocycles. The van der Waals surface area contributed by atoms with Gasteiger partial charge in [-0.1, -0.05) is 37.1 Å². The average molecular weight is 228 g/mol. The van der Waals surface area contributed by atoms with E-state index < -0.39 is 0 Å². The van der Waals surface area contributed by atoms with Crippen molar-refractivity contribution in [1.29, 1.82) is 0 Å². The quantitative estimate of drug-likeness (QED) is 0.842. The summed E-state index contributed by atoms with van der Waals surface area (Å²) >= 11 is 0. The molecule has 2 fully saturated rings. The van der Waals surface area contributed by atoms with Crippen LogP contribution in [0.15, 0.2) is 24.3 Å². The first-order valence-electron chi connectivity index (χ1n) is 7.10. The molecule has 0 amide bonds. The van der Waals surface area contributed by atoms with Gasteiger partial charge >= 0.3 is 0 Å². The third kappa shape index (κ3) is 1.63. The summed E-state index contributed by atoms with van der Waals surface area (Å²) in [5.41, 5.74) is 3.08. The molecule has 0 heterocycles. The Labute approximate surface area is 103 Å². The molecule has 0 aliphatic heterocycles. The van der Waals surface area contributed by atoms with E-state index in [0.29, 0.717) is 11.8 Å². The summed E-state index contributed by atoms with van der Waals surface area (Å²) < 4.78 is 0. The van der Waals surface area contributed by atoms with Crippen molar-refractivity contribution < 1.29 is 5.11 Å². The van der Waals surface area contributed by atoms with Crippen LogP contribution in [0, 0.1) is 17.8 Å². The third-order valence-electron chi connectivity index (χ3n) is 5.11. The lowest BCUT2D eigenvalue weighted by Gasteiger charge is -2.13. The van der Waals surface area contributed by atoms with Crippen molar-refractivity contribution in [3.63, 3.8) is 0 Å². The number of benzene rings is 1. The minimum Gasteiger partial charge on any atom is -0.393 e. The highest BCUT2D eigenvalue weighted by atomic mass is 16.3. The second-order valence-corrected chi connectivity index (χ2v) is 6.25. The molecule has 2 saturated carbocycles. The number of fused-ring (bicyclic) bond motifs is 3. The lowest BCUT2D eigenvalue weighted by atomic mass is 9.92. The molecule has 90 valence electrons. The summed E-state index contributed by atoms with van der Waals surface area (Å²) in [7, 11) is 0. The molecule has 1 nitrogen and oxygen atoms in total. The molecule has 0 radical (unpaired) electrons. The monoisotopic (exact) mass is 228 g/mol. The molecule has 4 atom stereocenters. The fourth-order valence-corrected chi connectivity index (χ4v) is 4.00. The number of hydrogen-bond acceptors (Lipinski definition) is 1. The molecule has 4 unspecified atom stereocenters. The van der Waals surface area contributed by atoms with Crippen LogP contribution in [-0.4, -0.2) is 11.2 Å². The average Bonchev–Trinajstić information content (AvgIpc) is 3.22. The molecule has 1 heteroatoms. The van der Waals surface area contributed by atoms with Gasteiger partial charge in [0.1, 0.15) is 0 Å². The summed E-state index contributed by atoms with van der Waals surface area (Å²) in [6, 6.07) is 8.87. The molecular weight excluding hydrogens is 208 g/mol. The zero-order valence-corrected chi connectivity index (χ0v) is 10.2. The highest BCUT2D eigenvalue weighted by molar-refractivity contribution is 5.39. The van der Waals surface area contributed by atoms with Crippen LogP contribution in [0.25, 0.3) is 0 Å². The molecule has 3 aliphatic carbocycles. The number of aliphatic hydroxyl groups excluding tert-OH is 1. The van der Waals surface area contributed by atoms with Gasteiger partial charge in [-0.15, -0.1) is 0 Å². The van der Waals surface area contributed by atoms with Crippen molar-refractivity contribution in [2.75, 3.05) is 0 Å². The number of aliphatic hydroxyl groups is 1. The Morgan fingerprint density at radius 1 is 1.18 bits per heavy atom. The van der Waals surface area contributed by atoms with E-state index in [1.807, 2.05) is 0 Å². The SMILES string of the molecule is OC(CC1CC1)C1C2CCc3ccccc3C21. The Morgan fingerprint density at radius 2 is 2.00 bits per heavy atom. The smallest absolute Gasteiger partial charge is 0.0579 e. The highest BCUT2D eigenvalue weighted by Gasteiger charge is 2.56. The first-order valence-corrected chi connectivity index (χ1v) is 7.10. The maximum atomic E-state index is 10.4. The Morgan fingerprint density at radius 3 is 2.82 bits per heavy atom. The number of aryl methyl sites for hydroxylation is 1. The van der Waals surface area contributed by atoms with Gasteiger partial charge in [-0.05, 0) is 54.1 Å². The summed E-state index contributed by atoms with van der Waals surface area (Å²) in [5, 5.41) is 10.4. The molecule has 1 aromatic carbocycles. The summed E-state index contributed by atoms with van der Waals surface area (Å²) in [6.45, 7) is 0. The van der Waals surface area contributed by atoms with Crippen LogP contribution < -0.4 is 0 Å². The van der Waals surface area contributed by atoms with E-state index in [1.54, 1.807) is 5.56 Å². The topological polar surface area (TPSA) is 20.2 Å². The van der Waals surface area contributed by atoms with E-state index in [0.717, 1.165) is 18.3 Å². The van der Waals surface area contributed by atoms with Crippen LogP contribution in [0.2, 0.25) is 0 Å². The van der Waals surface area contributed by atoms with Crippen molar-refractivity contribution in [2.45, 2.75) is 44.1 Å². The second kappa shape index (κ2) is 3.58. The van der Waals surface area contributed by atoms with E-state index in [4.69, 9.17) is 0 Å². The van der Waals surface area contributed by atoms with Crippen molar-refractivity contribution in [3.05, 3.63) is 35.4 Å². The zero-order valence-electron chi connectivity index (χ0n) is 10.2. The Kier molecular flexibility index (Phi) is 2.14. The van der Waals surface area contributed by atoms with Gasteiger partial charge in [0.2, 0.25) is 0 Å². The van der Waals surface area contributed by atoms with E-state index in [-0.39, 0.29) is 6.10 Å². The Hall–Kier alpha value is -0.820. The highest BCUT2D eigenvalue weighted by Crippen LogP contribution is 2.62. The standard InChI is InChI=1S/C16H20O/c17-14(9-10-5-6-10)16-13-8-7-11-3-1-2-4-12(11)15(13)16/h1-4,10,13-17H,5-9H2. The molecule has 0 spiro atoms. The van der Waals surface area contributed by atoms with E-state index in [9.17, 15) is 5.11 Å². The first kappa shape index (κ1) is 10.1. The number of hydrogen-bond donors (Lipinski definition) is 1. The van der Waals surface area contributed by atoms with Crippen molar-refractivity contribution >= 4 is 0 Å². The summed E-state index contributed by atoms with van der Waals surface area (Å²) in [5.74, 6) is 2.91. The molecular formula is C16H20O. The zero-order chi connectivity index (χ0) is 11.4. The van der Waals surface area contributed by atoms with Gasteiger partial charge in [0.05, 0.1) is 6.10 Å². The van der Waals surface area contributed by atoms with Gasteiger partial charge in [0.15, 0.2) is 0 Å². The fraction of sp³-hybridized carbons (Fsp3) is 0.625. The minimum atomic E-state index is -0.0244. The van der Waals surface area contributed by atoms with Crippen LogP contribution in [0.5, 0.6) is 0 Å². The summed E-state index contributed by atoms with van der Waals surface area (Å²) in [6.07, 6.45) is 6.28. The van der Waals surface area contributed by atoms with E-state index in [1.165, 1.54) is 31.2 Å². The summed E-state index contributed by atoms with van der Waals surface area (Å²) in [4.78, 5) is 0. The lowest BCUT2D eigenvalue weighted by Crippen LogP contribution is -2.12. The van der Waals surface area contributed by atoms with Crippen molar-refractivity contribution in [2.24, 2.45) is 17.8 Å². The molecule has 4 rings (SSSR count). The molecule has 17 heavy (non-hydrogen) atoms. The minimum absolute atomic E-state index is 0.0244. The van der Waals surface area contributed by atoms with Crippen molar-refractivity contribution in [1.82, 2.24) is 0 Å². The van der Waals surface area contributed by atoms with Crippen LogP contribution in [-0.2, 0) is 6.42 Å². The normalized spacial score (nSPS) is 35.9. The number of rotatable bonds is 3. The molecule has 1 aromatic rings. The van der Waals surface area contributed by atoms with Gasteiger partial charge in [-0.2, -0.15) is 0 Å². The van der Waals surface area contributed by atoms with Gasteiger partial charge in [0.25, 0.3) is 0 Å². The third-order valence-corrected chi connectivity index (χ3v) is 5.11. The lowest BCUT2D eigenvalue weighted by molar-refractivity contribution is 0.127. The van der Waals surface area contributed by atoms with Gasteiger partial charge in [-0.3, -0.25) is 0 Å². The van der Waals surface area contributed by atoms with Crippen LogP contribution >= 0.6 is 0 Å². The van der Waals surface area contributed by atoms with Gasteiger partial charge < -0.3 is 5.11 Å².